The molecule has 4 heteroatoms. The van der Waals surface area contributed by atoms with Gasteiger partial charge in [0.2, 0.25) is 5.72 Å². The Morgan fingerprint density at radius 2 is 1.58 bits per heavy atom. The van der Waals surface area contributed by atoms with Gasteiger partial charge in [0.05, 0.1) is 11.6 Å². The van der Waals surface area contributed by atoms with E-state index in [4.69, 9.17) is 9.73 Å². The van der Waals surface area contributed by atoms with Gasteiger partial charge < -0.3 is 14.5 Å². The average molecular weight is 412 g/mol. The lowest BCUT2D eigenvalue weighted by molar-refractivity contribution is 0.0827. The Hall–Kier alpha value is -3.01. The molecule has 0 aromatic heterocycles. The summed E-state index contributed by atoms with van der Waals surface area (Å²) in [4.78, 5) is 9.84. The second-order valence-electron chi connectivity index (χ2n) is 9.59. The molecule has 0 saturated carbocycles. The first-order valence-electron chi connectivity index (χ1n) is 11.4. The first-order valence-corrected chi connectivity index (χ1v) is 11.4. The van der Waals surface area contributed by atoms with Crippen LogP contribution in [0.15, 0.2) is 59.6 Å². The van der Waals surface area contributed by atoms with Crippen LogP contribution in [0.2, 0.25) is 0 Å². The van der Waals surface area contributed by atoms with E-state index in [0.717, 1.165) is 24.5 Å². The van der Waals surface area contributed by atoms with Crippen LogP contribution in [0.1, 0.15) is 38.7 Å². The topological polar surface area (TPSA) is 28.1 Å². The Balaban J connectivity index is 1.53. The van der Waals surface area contributed by atoms with Gasteiger partial charge in [0.1, 0.15) is 5.69 Å². The van der Waals surface area contributed by atoms with E-state index in [-0.39, 0.29) is 5.41 Å². The molecular formula is C27H29N3O. The third-order valence-electron chi connectivity index (χ3n) is 7.62. The number of benzene rings is 3. The Morgan fingerprint density at radius 1 is 0.871 bits per heavy atom. The van der Waals surface area contributed by atoms with Crippen molar-refractivity contribution in [3.8, 4) is 5.75 Å². The molecule has 3 aliphatic rings. The van der Waals surface area contributed by atoms with Gasteiger partial charge in [0.25, 0.3) is 0 Å². The minimum Gasteiger partial charge on any atom is -0.459 e. The van der Waals surface area contributed by atoms with E-state index < -0.39 is 5.72 Å². The minimum absolute atomic E-state index is 0.240. The molecule has 158 valence electrons. The number of fused-ring (bicyclic) bond motifs is 4. The van der Waals surface area contributed by atoms with Gasteiger partial charge in [-0.15, -0.1) is 0 Å². The highest BCUT2D eigenvalue weighted by molar-refractivity contribution is 6.06. The number of ether oxygens (including phenoxy) is 1. The fourth-order valence-electron chi connectivity index (χ4n) is 5.80. The number of nitrogens with zero attached hydrogens (tertiary/aromatic N) is 3. The van der Waals surface area contributed by atoms with Crippen molar-refractivity contribution in [3.63, 3.8) is 0 Å². The van der Waals surface area contributed by atoms with Crippen LogP contribution in [-0.2, 0) is 5.41 Å². The van der Waals surface area contributed by atoms with Crippen molar-refractivity contribution >= 4 is 34.0 Å². The largest absolute Gasteiger partial charge is 0.459 e. The molecule has 4 nitrogen and oxygen atoms in total. The molecule has 0 N–H and O–H groups in total. The molecule has 3 heterocycles. The van der Waals surface area contributed by atoms with Gasteiger partial charge in [0, 0.05) is 48.4 Å². The number of rotatable bonds is 1. The molecule has 0 aliphatic carbocycles. The summed E-state index contributed by atoms with van der Waals surface area (Å²) >= 11 is 0. The molecule has 3 aromatic carbocycles. The van der Waals surface area contributed by atoms with E-state index in [1.807, 2.05) is 6.21 Å². The molecule has 0 radical (unpaired) electrons. The van der Waals surface area contributed by atoms with Gasteiger partial charge in [-0.05, 0) is 44.7 Å². The van der Waals surface area contributed by atoms with E-state index in [2.05, 4.69) is 85.3 Å². The normalized spacial score (nSPS) is 23.7. The van der Waals surface area contributed by atoms with Crippen molar-refractivity contribution in [2.75, 3.05) is 29.9 Å². The monoisotopic (exact) mass is 411 g/mol. The highest BCUT2D eigenvalue weighted by Gasteiger charge is 2.58. The van der Waals surface area contributed by atoms with Crippen molar-refractivity contribution in [3.05, 3.63) is 60.2 Å². The quantitative estimate of drug-likeness (QED) is 0.488. The highest BCUT2D eigenvalue weighted by atomic mass is 16.5. The Morgan fingerprint density at radius 3 is 2.35 bits per heavy atom. The zero-order chi connectivity index (χ0) is 21.2. The number of para-hydroxylation sites is 1. The number of anilines is 2. The van der Waals surface area contributed by atoms with Crippen LogP contribution < -0.4 is 14.5 Å². The van der Waals surface area contributed by atoms with Gasteiger partial charge in [0.15, 0.2) is 5.75 Å². The van der Waals surface area contributed by atoms with Crippen LogP contribution in [0, 0.1) is 0 Å². The number of hydrogen-bond acceptors (Lipinski definition) is 4. The minimum atomic E-state index is -0.648. The van der Waals surface area contributed by atoms with E-state index >= 15 is 0 Å². The Bertz CT molecular complexity index is 1210. The maximum absolute atomic E-state index is 6.98. The van der Waals surface area contributed by atoms with Crippen LogP contribution in [0.4, 0.5) is 17.1 Å². The Kier molecular flexibility index (Phi) is 3.92. The molecular weight excluding hydrogens is 382 g/mol. The van der Waals surface area contributed by atoms with Crippen LogP contribution in [0.5, 0.6) is 5.75 Å². The molecule has 1 saturated heterocycles. The van der Waals surface area contributed by atoms with E-state index in [1.54, 1.807) is 0 Å². The number of likely N-dealkylation sites (N-methyl/N-ethyl adjacent to an activating group) is 1. The highest BCUT2D eigenvalue weighted by Crippen LogP contribution is 2.55. The predicted octanol–water partition coefficient (Wildman–Crippen LogP) is 6.05. The lowest BCUT2D eigenvalue weighted by Crippen LogP contribution is -2.61. The van der Waals surface area contributed by atoms with Crippen molar-refractivity contribution in [2.45, 2.75) is 44.2 Å². The molecule has 0 unspecified atom stereocenters. The summed E-state index contributed by atoms with van der Waals surface area (Å²) in [6, 6.07) is 19.5. The molecule has 3 aliphatic heterocycles. The van der Waals surface area contributed by atoms with Crippen LogP contribution >= 0.6 is 0 Å². The summed E-state index contributed by atoms with van der Waals surface area (Å²) in [5.41, 5.74) is 3.84. The molecule has 6 rings (SSSR count). The lowest BCUT2D eigenvalue weighted by Gasteiger charge is -2.45. The second kappa shape index (κ2) is 6.49. The summed E-state index contributed by atoms with van der Waals surface area (Å²) in [6.45, 7) is 6.74. The number of piperidine rings is 1. The standard InChI is InChI=1S/C27H29N3O/c1-26(2)21-13-7-8-14-22(21)29(3)27(26)18-28-25-20-12-6-5-11-19(20)23(17-24(25)31-27)30-15-9-4-10-16-30/h5-8,11-14,17-18H,4,9-10,15-16H2,1-3H3/t27-/m1/s1. The van der Waals surface area contributed by atoms with Crippen molar-refractivity contribution in [1.29, 1.82) is 0 Å². The maximum Gasteiger partial charge on any atom is 0.228 e. The molecule has 31 heavy (non-hydrogen) atoms. The predicted molar refractivity (Wildman–Crippen MR) is 129 cm³/mol. The summed E-state index contributed by atoms with van der Waals surface area (Å²) in [6.07, 6.45) is 5.85. The first-order chi connectivity index (χ1) is 15.0. The van der Waals surface area contributed by atoms with Crippen LogP contribution in [-0.4, -0.2) is 32.1 Å². The number of aliphatic imine (C=N–C) groups is 1. The molecule has 3 aromatic rings. The summed E-state index contributed by atoms with van der Waals surface area (Å²) in [7, 11) is 2.12. The van der Waals surface area contributed by atoms with Gasteiger partial charge >= 0.3 is 0 Å². The van der Waals surface area contributed by atoms with Crippen LogP contribution in [0.25, 0.3) is 10.8 Å². The molecule has 1 fully saturated rings. The maximum atomic E-state index is 6.98. The molecule has 1 atom stereocenters. The van der Waals surface area contributed by atoms with Gasteiger partial charge in [-0.2, -0.15) is 0 Å². The SMILES string of the molecule is CN1c2ccccc2C(C)(C)[C@]12C=Nc1c(cc(N3CCCCC3)c3ccccc13)O2. The van der Waals surface area contributed by atoms with E-state index in [0.29, 0.717) is 0 Å². The summed E-state index contributed by atoms with van der Waals surface area (Å²) in [5, 5.41) is 2.44. The van der Waals surface area contributed by atoms with Crippen molar-refractivity contribution in [1.82, 2.24) is 0 Å². The zero-order valence-electron chi connectivity index (χ0n) is 18.6. The van der Waals surface area contributed by atoms with Gasteiger partial charge in [-0.1, -0.05) is 42.5 Å². The fourth-order valence-corrected chi connectivity index (χ4v) is 5.80. The average Bonchev–Trinajstić information content (AvgIpc) is 2.97. The van der Waals surface area contributed by atoms with Crippen molar-refractivity contribution < 1.29 is 4.74 Å². The molecule has 1 spiro atoms. The first kappa shape index (κ1) is 18.7. The van der Waals surface area contributed by atoms with Gasteiger partial charge in [-0.25, -0.2) is 0 Å². The smallest absolute Gasteiger partial charge is 0.228 e. The van der Waals surface area contributed by atoms with E-state index in [1.165, 1.54) is 47.0 Å². The van der Waals surface area contributed by atoms with Crippen molar-refractivity contribution in [2.24, 2.45) is 4.99 Å². The Labute approximate surface area is 184 Å². The summed E-state index contributed by atoms with van der Waals surface area (Å²) in [5.74, 6) is 0.884. The molecule has 0 bridgehead atoms. The third kappa shape index (κ3) is 2.45. The molecule has 0 amide bonds. The lowest BCUT2D eigenvalue weighted by atomic mass is 9.77. The third-order valence-corrected chi connectivity index (χ3v) is 7.62. The number of hydrogen-bond donors (Lipinski definition) is 0. The van der Waals surface area contributed by atoms with Crippen LogP contribution in [0.3, 0.4) is 0 Å². The fraction of sp³-hybridized carbons (Fsp3) is 0.370. The summed E-state index contributed by atoms with van der Waals surface area (Å²) < 4.78 is 6.98. The second-order valence-corrected chi connectivity index (χ2v) is 9.59. The zero-order valence-corrected chi connectivity index (χ0v) is 18.6. The van der Waals surface area contributed by atoms with E-state index in [9.17, 15) is 0 Å². The van der Waals surface area contributed by atoms with Gasteiger partial charge in [-0.3, -0.25) is 4.99 Å².